The Kier molecular flexibility index (Phi) is 13.7. The van der Waals surface area contributed by atoms with Crippen LogP contribution >= 0.6 is 7.92 Å². The summed E-state index contributed by atoms with van der Waals surface area (Å²) in [6.07, 6.45) is 10.8. The lowest BCUT2D eigenvalue weighted by Gasteiger charge is -2.17. The van der Waals surface area contributed by atoms with Gasteiger partial charge in [0.1, 0.15) is 0 Å². The molecule has 16 heavy (non-hydrogen) atoms. The van der Waals surface area contributed by atoms with E-state index in [1.165, 1.54) is 50.6 Å². The maximum Gasteiger partial charge on any atom is 0.0465 e. The van der Waals surface area contributed by atoms with E-state index in [2.05, 4.69) is 6.92 Å². The number of methoxy groups -OCH3 is 2. The molecule has 0 aliphatic rings. The van der Waals surface area contributed by atoms with Crippen molar-refractivity contribution < 1.29 is 9.47 Å². The van der Waals surface area contributed by atoms with Crippen molar-refractivity contribution in [3.63, 3.8) is 0 Å². The SMILES string of the molecule is CCCCCP(CCCOC)CCCOC. The zero-order chi connectivity index (χ0) is 12.1. The van der Waals surface area contributed by atoms with Gasteiger partial charge in [0.25, 0.3) is 0 Å². The molecule has 0 fully saturated rings. The lowest BCUT2D eigenvalue weighted by Crippen LogP contribution is -2.01. The van der Waals surface area contributed by atoms with E-state index in [9.17, 15) is 0 Å². The minimum Gasteiger partial charge on any atom is -0.385 e. The molecule has 0 unspecified atom stereocenters. The Morgan fingerprint density at radius 3 is 1.69 bits per heavy atom. The fraction of sp³-hybridized carbons (Fsp3) is 1.00. The highest BCUT2D eigenvalue weighted by Gasteiger charge is 2.07. The molecule has 3 heteroatoms. The summed E-state index contributed by atoms with van der Waals surface area (Å²) in [5, 5.41) is 0. The van der Waals surface area contributed by atoms with E-state index in [1.807, 2.05) is 0 Å². The van der Waals surface area contributed by atoms with E-state index in [0.717, 1.165) is 13.2 Å². The Balaban J connectivity index is 3.58. The summed E-state index contributed by atoms with van der Waals surface area (Å²) in [4.78, 5) is 0. The molecule has 98 valence electrons. The van der Waals surface area contributed by atoms with Crippen LogP contribution in [0.1, 0.15) is 39.0 Å². The van der Waals surface area contributed by atoms with E-state index >= 15 is 0 Å². The van der Waals surface area contributed by atoms with E-state index in [1.54, 1.807) is 14.2 Å². The molecule has 0 heterocycles. The molecule has 0 aromatic carbocycles. The largest absolute Gasteiger partial charge is 0.385 e. The van der Waals surface area contributed by atoms with Gasteiger partial charge in [-0.3, -0.25) is 0 Å². The smallest absolute Gasteiger partial charge is 0.0465 e. The normalized spacial score (nSPS) is 11.2. The Bertz CT molecular complexity index is 107. The summed E-state index contributed by atoms with van der Waals surface area (Å²) in [7, 11) is 3.84. The van der Waals surface area contributed by atoms with Crippen molar-refractivity contribution in [2.75, 3.05) is 45.9 Å². The van der Waals surface area contributed by atoms with Gasteiger partial charge >= 0.3 is 0 Å². The number of rotatable bonds is 12. The quantitative estimate of drug-likeness (QED) is 0.387. The van der Waals surface area contributed by atoms with Crippen LogP contribution in [0, 0.1) is 0 Å². The highest BCUT2D eigenvalue weighted by molar-refractivity contribution is 7.57. The topological polar surface area (TPSA) is 18.5 Å². The maximum atomic E-state index is 5.13. The maximum absolute atomic E-state index is 5.13. The molecule has 0 radical (unpaired) electrons. The summed E-state index contributed by atoms with van der Waals surface area (Å²) in [6.45, 7) is 4.13. The highest BCUT2D eigenvalue weighted by atomic mass is 31.1. The third-order valence-electron chi connectivity index (χ3n) is 2.72. The van der Waals surface area contributed by atoms with Crippen molar-refractivity contribution in [2.24, 2.45) is 0 Å². The van der Waals surface area contributed by atoms with Crippen LogP contribution < -0.4 is 0 Å². The number of hydrogen-bond donors (Lipinski definition) is 0. The second kappa shape index (κ2) is 13.4. The monoisotopic (exact) mass is 248 g/mol. The zero-order valence-corrected chi connectivity index (χ0v) is 12.2. The van der Waals surface area contributed by atoms with Crippen molar-refractivity contribution in [2.45, 2.75) is 39.0 Å². The predicted molar refractivity (Wildman–Crippen MR) is 74.0 cm³/mol. The van der Waals surface area contributed by atoms with Gasteiger partial charge in [0.15, 0.2) is 0 Å². The van der Waals surface area contributed by atoms with Gasteiger partial charge < -0.3 is 9.47 Å². The lowest BCUT2D eigenvalue weighted by atomic mass is 10.3. The molecule has 0 spiro atoms. The molecule has 0 amide bonds. The van der Waals surface area contributed by atoms with Gasteiger partial charge in [-0.1, -0.05) is 19.8 Å². The second-order valence-corrected chi connectivity index (χ2v) is 6.92. The molecule has 0 bridgehead atoms. The van der Waals surface area contributed by atoms with E-state index in [4.69, 9.17) is 9.47 Å². The highest BCUT2D eigenvalue weighted by Crippen LogP contribution is 2.38. The molecule has 0 N–H and O–H groups in total. The van der Waals surface area contributed by atoms with Crippen molar-refractivity contribution in [3.05, 3.63) is 0 Å². The fourth-order valence-corrected chi connectivity index (χ4v) is 4.28. The average Bonchev–Trinajstić information content (AvgIpc) is 2.29. The molecule has 0 aliphatic heterocycles. The minimum absolute atomic E-state index is 0.245. The molecule has 0 atom stereocenters. The first-order valence-electron chi connectivity index (χ1n) is 6.55. The molecule has 0 saturated carbocycles. The minimum atomic E-state index is 0.245. The van der Waals surface area contributed by atoms with E-state index in [-0.39, 0.29) is 7.92 Å². The van der Waals surface area contributed by atoms with Crippen molar-refractivity contribution in [1.82, 2.24) is 0 Å². The van der Waals surface area contributed by atoms with E-state index < -0.39 is 0 Å². The van der Waals surface area contributed by atoms with Crippen molar-refractivity contribution >= 4 is 7.92 Å². The number of ether oxygens (including phenoxy) is 2. The van der Waals surface area contributed by atoms with Gasteiger partial charge in [-0.2, -0.15) is 0 Å². The van der Waals surface area contributed by atoms with Crippen molar-refractivity contribution in [1.29, 1.82) is 0 Å². The lowest BCUT2D eigenvalue weighted by molar-refractivity contribution is 0.198. The number of hydrogen-bond acceptors (Lipinski definition) is 2. The van der Waals surface area contributed by atoms with Gasteiger partial charge in [-0.05, 0) is 37.7 Å². The van der Waals surface area contributed by atoms with Crippen LogP contribution in [0.25, 0.3) is 0 Å². The predicted octanol–water partition coefficient (Wildman–Crippen LogP) is 3.73. The first-order valence-corrected chi connectivity index (χ1v) is 8.45. The summed E-state index contributed by atoms with van der Waals surface area (Å²) in [5.74, 6) is 0. The Hall–Kier alpha value is 0.350. The number of unbranched alkanes of at least 4 members (excludes halogenated alkanes) is 2. The summed E-state index contributed by atoms with van der Waals surface area (Å²) < 4.78 is 10.3. The first-order chi connectivity index (χ1) is 7.85. The van der Waals surface area contributed by atoms with Gasteiger partial charge in [0, 0.05) is 27.4 Å². The van der Waals surface area contributed by atoms with Crippen LogP contribution in [0.5, 0.6) is 0 Å². The van der Waals surface area contributed by atoms with Crippen LogP contribution in [-0.2, 0) is 9.47 Å². The van der Waals surface area contributed by atoms with E-state index in [0.29, 0.717) is 0 Å². The Labute approximate surface area is 103 Å². The van der Waals surface area contributed by atoms with Crippen LogP contribution in [0.2, 0.25) is 0 Å². The van der Waals surface area contributed by atoms with Crippen LogP contribution in [0.4, 0.5) is 0 Å². The second-order valence-electron chi connectivity index (χ2n) is 4.24. The van der Waals surface area contributed by atoms with Crippen LogP contribution in [0.15, 0.2) is 0 Å². The summed E-state index contributed by atoms with van der Waals surface area (Å²) in [5.41, 5.74) is 0. The Morgan fingerprint density at radius 1 is 0.750 bits per heavy atom. The van der Waals surface area contributed by atoms with Crippen LogP contribution in [-0.4, -0.2) is 45.9 Å². The molecular weight excluding hydrogens is 219 g/mol. The summed E-state index contributed by atoms with van der Waals surface area (Å²) in [6, 6.07) is 0. The average molecular weight is 248 g/mol. The standard InChI is InChI=1S/C13H29O2P/c1-4-5-6-11-16(12-7-9-14-2)13-8-10-15-3/h4-13H2,1-3H3. The van der Waals surface area contributed by atoms with Gasteiger partial charge in [-0.15, -0.1) is 7.92 Å². The molecule has 0 saturated heterocycles. The van der Waals surface area contributed by atoms with Gasteiger partial charge in [0.05, 0.1) is 0 Å². The fourth-order valence-electron chi connectivity index (χ4n) is 1.79. The third-order valence-corrected chi connectivity index (χ3v) is 5.57. The molecule has 0 aliphatic carbocycles. The Morgan fingerprint density at radius 2 is 1.25 bits per heavy atom. The molecule has 0 aromatic rings. The molecular formula is C13H29O2P. The summed E-state index contributed by atoms with van der Waals surface area (Å²) >= 11 is 0. The first kappa shape index (κ1) is 16.4. The van der Waals surface area contributed by atoms with Crippen molar-refractivity contribution in [3.8, 4) is 0 Å². The van der Waals surface area contributed by atoms with Crippen LogP contribution in [0.3, 0.4) is 0 Å². The zero-order valence-electron chi connectivity index (χ0n) is 11.3. The molecule has 2 nitrogen and oxygen atoms in total. The molecule has 0 rings (SSSR count). The van der Waals surface area contributed by atoms with Gasteiger partial charge in [0.2, 0.25) is 0 Å². The van der Waals surface area contributed by atoms with Gasteiger partial charge in [-0.25, -0.2) is 0 Å². The molecule has 0 aromatic heterocycles. The third kappa shape index (κ3) is 10.9.